The Kier molecular flexibility index (Phi) is 3.78. The summed E-state index contributed by atoms with van der Waals surface area (Å²) < 4.78 is 1.61. The van der Waals surface area contributed by atoms with E-state index >= 15 is 0 Å². The molecule has 0 amide bonds. The molecule has 0 aliphatic heterocycles. The second kappa shape index (κ2) is 5.19. The van der Waals surface area contributed by atoms with Crippen LogP contribution in [0.4, 0.5) is 11.5 Å². The first-order valence-electron chi connectivity index (χ1n) is 6.97. The molecule has 1 fully saturated rings. The minimum atomic E-state index is -0.314. The molecular formula is C13H22N4O2. The van der Waals surface area contributed by atoms with Crippen molar-refractivity contribution >= 4 is 11.5 Å². The maximum atomic E-state index is 11.3. The number of anilines is 1. The highest BCUT2D eigenvalue weighted by Gasteiger charge is 2.41. The zero-order valence-electron chi connectivity index (χ0n) is 11.9. The van der Waals surface area contributed by atoms with Crippen molar-refractivity contribution in [3.63, 3.8) is 0 Å². The summed E-state index contributed by atoms with van der Waals surface area (Å²) in [6.07, 6.45) is 5.04. The Hall–Kier alpha value is -1.59. The number of aromatic nitrogens is 2. The predicted molar refractivity (Wildman–Crippen MR) is 74.3 cm³/mol. The lowest BCUT2D eigenvalue weighted by molar-refractivity contribution is -0.384. The van der Waals surface area contributed by atoms with Crippen molar-refractivity contribution in [2.24, 2.45) is 12.5 Å². The highest BCUT2D eigenvalue weighted by Crippen LogP contribution is 2.48. The monoisotopic (exact) mass is 266 g/mol. The number of rotatable bonds is 7. The Morgan fingerprint density at radius 3 is 2.63 bits per heavy atom. The lowest BCUT2D eigenvalue weighted by atomic mass is 10.0. The maximum absolute atomic E-state index is 11.3. The van der Waals surface area contributed by atoms with Crippen LogP contribution in [0, 0.1) is 15.5 Å². The van der Waals surface area contributed by atoms with Crippen LogP contribution in [-0.4, -0.2) is 21.2 Å². The number of nitro groups is 1. The molecule has 0 bridgehead atoms. The molecule has 106 valence electrons. The Balaban J connectivity index is 2.20. The van der Waals surface area contributed by atoms with Gasteiger partial charge in [0.15, 0.2) is 0 Å². The van der Waals surface area contributed by atoms with Gasteiger partial charge in [-0.2, -0.15) is 5.10 Å². The molecule has 2 rings (SSSR count). The first-order chi connectivity index (χ1) is 9.03. The summed E-state index contributed by atoms with van der Waals surface area (Å²) in [5.74, 6) is 0.549. The third-order valence-electron chi connectivity index (χ3n) is 4.10. The number of hydrogen-bond donors (Lipinski definition) is 1. The van der Waals surface area contributed by atoms with Crippen molar-refractivity contribution in [1.82, 2.24) is 9.78 Å². The van der Waals surface area contributed by atoms with Gasteiger partial charge in [-0.15, -0.1) is 0 Å². The average molecular weight is 266 g/mol. The zero-order chi connectivity index (χ0) is 14.0. The molecule has 1 aliphatic carbocycles. The van der Waals surface area contributed by atoms with Gasteiger partial charge in [0.1, 0.15) is 5.69 Å². The quantitative estimate of drug-likeness (QED) is 0.608. The summed E-state index contributed by atoms with van der Waals surface area (Å²) in [7, 11) is 1.76. The lowest BCUT2D eigenvalue weighted by Crippen LogP contribution is -2.17. The molecule has 1 aromatic heterocycles. The van der Waals surface area contributed by atoms with Crippen LogP contribution in [-0.2, 0) is 13.5 Å². The average Bonchev–Trinajstić information content (AvgIpc) is 3.07. The molecule has 1 aliphatic rings. The van der Waals surface area contributed by atoms with Crippen LogP contribution in [0.15, 0.2) is 0 Å². The molecular weight excluding hydrogens is 244 g/mol. The summed E-state index contributed by atoms with van der Waals surface area (Å²) in [6.45, 7) is 4.98. The lowest BCUT2D eigenvalue weighted by Gasteiger charge is -2.13. The molecule has 0 radical (unpaired) electrons. The SMILES string of the molecule is CCCc1nn(C)c(NCC2(CC)CC2)c1[N+](=O)[O-]. The Morgan fingerprint density at radius 1 is 1.47 bits per heavy atom. The van der Waals surface area contributed by atoms with Crippen molar-refractivity contribution < 1.29 is 4.92 Å². The summed E-state index contributed by atoms with van der Waals surface area (Å²) >= 11 is 0. The van der Waals surface area contributed by atoms with Crippen LogP contribution in [0.5, 0.6) is 0 Å². The van der Waals surface area contributed by atoms with E-state index in [2.05, 4.69) is 17.3 Å². The Labute approximate surface area is 113 Å². The van der Waals surface area contributed by atoms with Crippen molar-refractivity contribution in [2.45, 2.75) is 46.0 Å². The van der Waals surface area contributed by atoms with E-state index in [0.717, 1.165) is 19.4 Å². The van der Waals surface area contributed by atoms with Crippen LogP contribution in [0.25, 0.3) is 0 Å². The molecule has 0 aromatic carbocycles. The summed E-state index contributed by atoms with van der Waals surface area (Å²) in [4.78, 5) is 10.9. The topological polar surface area (TPSA) is 73.0 Å². The standard InChI is InChI=1S/C13H22N4O2/c1-4-6-10-11(17(18)19)12(16(3)15-10)14-9-13(5-2)7-8-13/h14H,4-9H2,1-3H3. The Morgan fingerprint density at radius 2 is 2.16 bits per heavy atom. The Bertz CT molecular complexity index is 477. The minimum Gasteiger partial charge on any atom is -0.364 e. The van der Waals surface area contributed by atoms with Gasteiger partial charge in [0.25, 0.3) is 0 Å². The maximum Gasteiger partial charge on any atom is 0.333 e. The van der Waals surface area contributed by atoms with Gasteiger partial charge in [0, 0.05) is 13.6 Å². The molecule has 1 aromatic rings. The zero-order valence-corrected chi connectivity index (χ0v) is 11.9. The summed E-state index contributed by atoms with van der Waals surface area (Å²) in [6, 6.07) is 0. The van der Waals surface area contributed by atoms with Gasteiger partial charge in [0.2, 0.25) is 5.82 Å². The largest absolute Gasteiger partial charge is 0.364 e. The van der Waals surface area contributed by atoms with E-state index in [9.17, 15) is 10.1 Å². The predicted octanol–water partition coefficient (Wildman–Crippen LogP) is 2.88. The summed E-state index contributed by atoms with van der Waals surface area (Å²) in [5.41, 5.74) is 1.08. The first-order valence-corrected chi connectivity index (χ1v) is 6.97. The number of aryl methyl sites for hydroxylation is 2. The van der Waals surface area contributed by atoms with E-state index in [1.165, 1.54) is 12.8 Å². The van der Waals surface area contributed by atoms with Crippen molar-refractivity contribution in [3.8, 4) is 0 Å². The molecule has 6 nitrogen and oxygen atoms in total. The number of hydrogen-bond acceptors (Lipinski definition) is 4. The van der Waals surface area contributed by atoms with Crippen molar-refractivity contribution in [2.75, 3.05) is 11.9 Å². The fraction of sp³-hybridized carbons (Fsp3) is 0.769. The minimum absolute atomic E-state index is 0.149. The number of nitrogens with one attached hydrogen (secondary N) is 1. The van der Waals surface area contributed by atoms with Crippen molar-refractivity contribution in [3.05, 3.63) is 15.8 Å². The van der Waals surface area contributed by atoms with Gasteiger partial charge >= 0.3 is 5.69 Å². The van der Waals surface area contributed by atoms with Crippen LogP contribution in [0.1, 0.15) is 45.2 Å². The van der Waals surface area contributed by atoms with E-state index < -0.39 is 0 Å². The van der Waals surface area contributed by atoms with Gasteiger partial charge in [-0.05, 0) is 31.1 Å². The van der Waals surface area contributed by atoms with Gasteiger partial charge < -0.3 is 5.32 Å². The molecule has 0 spiro atoms. The van der Waals surface area contributed by atoms with E-state index in [1.807, 2.05) is 6.92 Å². The molecule has 0 atom stereocenters. The second-order valence-corrected chi connectivity index (χ2v) is 5.48. The fourth-order valence-corrected chi connectivity index (χ4v) is 2.47. The summed E-state index contributed by atoms with van der Waals surface area (Å²) in [5, 5.41) is 18.8. The van der Waals surface area contributed by atoms with Gasteiger partial charge in [-0.3, -0.25) is 10.1 Å². The molecule has 1 N–H and O–H groups in total. The van der Waals surface area contributed by atoms with Crippen LogP contribution < -0.4 is 5.32 Å². The third kappa shape index (κ3) is 2.72. The molecule has 6 heteroatoms. The van der Waals surface area contributed by atoms with Gasteiger partial charge in [-0.25, -0.2) is 4.68 Å². The van der Waals surface area contributed by atoms with Crippen LogP contribution in [0.3, 0.4) is 0 Å². The molecule has 19 heavy (non-hydrogen) atoms. The first kappa shape index (κ1) is 13.8. The van der Waals surface area contributed by atoms with Crippen LogP contribution in [0.2, 0.25) is 0 Å². The molecule has 1 saturated carbocycles. The van der Waals surface area contributed by atoms with E-state index in [-0.39, 0.29) is 10.6 Å². The smallest absolute Gasteiger partial charge is 0.333 e. The molecule has 0 saturated heterocycles. The van der Waals surface area contributed by atoms with E-state index in [0.29, 0.717) is 23.3 Å². The van der Waals surface area contributed by atoms with Crippen LogP contribution >= 0.6 is 0 Å². The number of nitrogens with zero attached hydrogens (tertiary/aromatic N) is 3. The van der Waals surface area contributed by atoms with E-state index in [1.54, 1.807) is 11.7 Å². The van der Waals surface area contributed by atoms with E-state index in [4.69, 9.17) is 0 Å². The molecule has 0 unspecified atom stereocenters. The highest BCUT2D eigenvalue weighted by atomic mass is 16.6. The fourth-order valence-electron chi connectivity index (χ4n) is 2.47. The van der Waals surface area contributed by atoms with Gasteiger partial charge in [-0.1, -0.05) is 20.3 Å². The van der Waals surface area contributed by atoms with Gasteiger partial charge in [0.05, 0.1) is 4.92 Å². The highest BCUT2D eigenvalue weighted by molar-refractivity contribution is 5.60. The van der Waals surface area contributed by atoms with Crippen molar-refractivity contribution in [1.29, 1.82) is 0 Å². The second-order valence-electron chi connectivity index (χ2n) is 5.48. The third-order valence-corrected chi connectivity index (χ3v) is 4.10. The normalized spacial score (nSPS) is 16.4. The molecule has 1 heterocycles.